The molecule has 0 bridgehead atoms. The average Bonchev–Trinajstić information content (AvgIpc) is 3.23. The van der Waals surface area contributed by atoms with Crippen molar-refractivity contribution in [1.29, 1.82) is 0 Å². The minimum Gasteiger partial charge on any atom is -0.462 e. The van der Waals surface area contributed by atoms with Crippen LogP contribution in [0.15, 0.2) is 97.2 Å². The molecule has 14 nitrogen and oxygen atoms in total. The molecule has 0 aromatic carbocycles. The zero-order chi connectivity index (χ0) is 46.0. The number of carbonyl (C=O) groups excluding carboxylic acids is 2. The van der Waals surface area contributed by atoms with Crippen molar-refractivity contribution in [2.75, 3.05) is 26.4 Å². The summed E-state index contributed by atoms with van der Waals surface area (Å²) in [5.41, 5.74) is 0. The quantitative estimate of drug-likeness (QED) is 0.0127. The van der Waals surface area contributed by atoms with Gasteiger partial charge in [0.2, 0.25) is 0 Å². The molecule has 16 heteroatoms. The number of aliphatic hydroxyl groups excluding tert-OH is 2. The van der Waals surface area contributed by atoms with Crippen molar-refractivity contribution in [2.24, 2.45) is 0 Å². The van der Waals surface area contributed by atoms with E-state index in [0.29, 0.717) is 25.7 Å². The first-order valence-corrected chi connectivity index (χ1v) is 25.1. The van der Waals surface area contributed by atoms with E-state index >= 15 is 0 Å². The molecule has 0 aromatic rings. The average molecular weight is 915 g/mol. The van der Waals surface area contributed by atoms with E-state index in [2.05, 4.69) is 83.7 Å². The summed E-state index contributed by atoms with van der Waals surface area (Å²) in [6.45, 7) is 1.40. The van der Waals surface area contributed by atoms with Crippen LogP contribution in [0.5, 0.6) is 0 Å². The van der Waals surface area contributed by atoms with Crippen molar-refractivity contribution in [3.63, 3.8) is 0 Å². The van der Waals surface area contributed by atoms with Gasteiger partial charge in [0, 0.05) is 12.8 Å². The van der Waals surface area contributed by atoms with E-state index in [1.54, 1.807) is 18.2 Å². The third-order valence-corrected chi connectivity index (χ3v) is 9.96. The summed E-state index contributed by atoms with van der Waals surface area (Å²) in [4.78, 5) is 52.7. The Morgan fingerprint density at radius 1 is 0.548 bits per heavy atom. The highest BCUT2D eigenvalue weighted by Crippen LogP contribution is 2.43. The van der Waals surface area contributed by atoms with Crippen LogP contribution in [0.25, 0.3) is 0 Å². The zero-order valence-corrected chi connectivity index (χ0v) is 38.8. The second-order valence-electron chi connectivity index (χ2n) is 14.4. The molecule has 62 heavy (non-hydrogen) atoms. The second-order valence-corrected chi connectivity index (χ2v) is 17.1. The van der Waals surface area contributed by atoms with Crippen molar-refractivity contribution in [3.8, 4) is 0 Å². The predicted octanol–water partition coefficient (Wildman–Crippen LogP) is 10.3. The van der Waals surface area contributed by atoms with Gasteiger partial charge in [0.15, 0.2) is 6.10 Å². The number of unbranched alkanes of at least 4 members (excludes halogenated alkanes) is 8. The topological polar surface area (TPSA) is 216 Å². The monoisotopic (exact) mass is 914 g/mol. The Morgan fingerprint density at radius 3 is 1.71 bits per heavy atom. The highest BCUT2D eigenvalue weighted by molar-refractivity contribution is 7.47. The highest BCUT2D eigenvalue weighted by Gasteiger charge is 2.28. The van der Waals surface area contributed by atoms with Gasteiger partial charge in [-0.3, -0.25) is 23.2 Å². The van der Waals surface area contributed by atoms with Crippen LogP contribution >= 0.6 is 15.6 Å². The molecule has 0 saturated carbocycles. The lowest BCUT2D eigenvalue weighted by Gasteiger charge is -2.20. The molecule has 0 aromatic heterocycles. The molecule has 0 heterocycles. The minimum atomic E-state index is -4.89. The Bertz CT molecular complexity index is 1480. The van der Waals surface area contributed by atoms with Gasteiger partial charge in [-0.2, -0.15) is 0 Å². The molecular weight excluding hydrogens is 838 g/mol. The van der Waals surface area contributed by atoms with Crippen molar-refractivity contribution < 1.29 is 66.7 Å². The molecule has 0 fully saturated rings. The number of hydrogen-bond acceptors (Lipinski definition) is 11. The molecule has 354 valence electrons. The van der Waals surface area contributed by atoms with E-state index < -0.39 is 72.3 Å². The van der Waals surface area contributed by atoms with E-state index in [1.807, 2.05) is 18.2 Å². The Hall–Kier alpha value is -3.00. The molecule has 0 aliphatic rings. The standard InChI is InChI=1S/C46H76O14P2/c1-3-5-7-9-11-13-14-15-16-17-18-19-20-22-24-28-32-36-45(49)56-40-44(41-59-62(54,55)58-39-43(48)38-57-61(51,52)53)60-46(50)37-33-29-25-27-31-35-42(47)34-30-26-23-21-12-10-8-6-4-2/h5,7,11-13,15-16,18-19,21,25-27,30-31,35,42-44,47-48H,3-4,6,8-10,14,17,20,22-24,28-29,32-34,36-41H2,1-2H3,(H,54,55)(H2,51,52,53)/b7-5-,13-11-,16-15-,19-18-,21-12-,27-25+,30-26-,35-31-/t42?,43-,44+/m0/s1. The summed E-state index contributed by atoms with van der Waals surface area (Å²) >= 11 is 0. The molecule has 0 amide bonds. The summed E-state index contributed by atoms with van der Waals surface area (Å²) in [7, 11) is -9.74. The van der Waals surface area contributed by atoms with E-state index in [0.717, 1.165) is 64.2 Å². The molecule has 5 N–H and O–H groups in total. The first-order chi connectivity index (χ1) is 29.8. The van der Waals surface area contributed by atoms with E-state index in [1.165, 1.54) is 19.3 Å². The fourth-order valence-corrected chi connectivity index (χ4v) is 6.33. The smallest absolute Gasteiger partial charge is 0.462 e. The lowest BCUT2D eigenvalue weighted by atomic mass is 10.1. The summed E-state index contributed by atoms with van der Waals surface area (Å²) < 4.78 is 47.6. The number of phosphoric ester groups is 2. The van der Waals surface area contributed by atoms with Crippen LogP contribution in [0.2, 0.25) is 0 Å². The van der Waals surface area contributed by atoms with Gasteiger partial charge in [-0.05, 0) is 83.5 Å². The number of rotatable bonds is 40. The highest BCUT2D eigenvalue weighted by atomic mass is 31.2. The predicted molar refractivity (Wildman–Crippen MR) is 245 cm³/mol. The van der Waals surface area contributed by atoms with Gasteiger partial charge in [0.25, 0.3) is 0 Å². The number of carbonyl (C=O) groups is 2. The number of phosphoric acid groups is 2. The van der Waals surface area contributed by atoms with Crippen LogP contribution in [0.4, 0.5) is 0 Å². The Balaban J connectivity index is 4.75. The molecular formula is C46H76O14P2. The van der Waals surface area contributed by atoms with Crippen LogP contribution in [-0.4, -0.2) is 81.6 Å². The molecule has 0 spiro atoms. The second kappa shape index (κ2) is 40.8. The van der Waals surface area contributed by atoms with E-state index in [-0.39, 0.29) is 12.8 Å². The molecule has 0 radical (unpaired) electrons. The van der Waals surface area contributed by atoms with Gasteiger partial charge in [-0.25, -0.2) is 9.13 Å². The summed E-state index contributed by atoms with van der Waals surface area (Å²) in [5, 5.41) is 19.9. The third-order valence-electron chi connectivity index (χ3n) is 8.53. The Labute approximate surface area is 371 Å². The van der Waals surface area contributed by atoms with Gasteiger partial charge in [0.1, 0.15) is 12.7 Å². The van der Waals surface area contributed by atoms with Gasteiger partial charge < -0.3 is 34.4 Å². The molecule has 2 unspecified atom stereocenters. The molecule has 0 aliphatic carbocycles. The van der Waals surface area contributed by atoms with Crippen LogP contribution in [0, 0.1) is 0 Å². The van der Waals surface area contributed by atoms with Gasteiger partial charge in [-0.1, -0.05) is 137 Å². The maximum absolute atomic E-state index is 12.7. The molecule has 0 rings (SSSR count). The summed E-state index contributed by atoms with van der Waals surface area (Å²) in [6.07, 6.45) is 44.3. The Morgan fingerprint density at radius 2 is 1.08 bits per heavy atom. The van der Waals surface area contributed by atoms with E-state index in [4.69, 9.17) is 23.8 Å². The number of ether oxygens (including phenoxy) is 2. The van der Waals surface area contributed by atoms with Crippen molar-refractivity contribution >= 4 is 27.6 Å². The van der Waals surface area contributed by atoms with Crippen molar-refractivity contribution in [3.05, 3.63) is 97.2 Å². The maximum atomic E-state index is 12.7. The number of aliphatic hydroxyl groups is 2. The normalized spacial score (nSPS) is 15.4. The van der Waals surface area contributed by atoms with Crippen LogP contribution in [-0.2, 0) is 41.8 Å². The molecule has 0 aliphatic heterocycles. The van der Waals surface area contributed by atoms with E-state index in [9.17, 15) is 33.8 Å². The van der Waals surface area contributed by atoms with Gasteiger partial charge in [0.05, 0.1) is 25.9 Å². The maximum Gasteiger partial charge on any atom is 0.472 e. The molecule has 0 saturated heterocycles. The minimum absolute atomic E-state index is 0.0149. The first kappa shape index (κ1) is 59.0. The van der Waals surface area contributed by atoms with Crippen LogP contribution in [0.1, 0.15) is 136 Å². The zero-order valence-electron chi connectivity index (χ0n) is 37.0. The van der Waals surface area contributed by atoms with Crippen molar-refractivity contribution in [2.45, 2.75) is 154 Å². The van der Waals surface area contributed by atoms with Crippen LogP contribution < -0.4 is 0 Å². The fraction of sp³-hybridized carbons (Fsp3) is 0.609. The lowest BCUT2D eigenvalue weighted by molar-refractivity contribution is -0.161. The number of allylic oxidation sites excluding steroid dienone is 14. The largest absolute Gasteiger partial charge is 0.472 e. The third kappa shape index (κ3) is 43.6. The number of hydrogen-bond donors (Lipinski definition) is 5. The van der Waals surface area contributed by atoms with Crippen molar-refractivity contribution in [1.82, 2.24) is 0 Å². The SMILES string of the molecule is CC/C=C\C/C=C\C/C=C\C/C=C\CCCCCCC(=O)OC[C@H](COP(=O)(O)OC[C@@H](O)COP(=O)(O)O)OC(=O)CCC/C=C/C=C\C(O)C/C=C\C/C=C\CCCCC. The Kier molecular flexibility index (Phi) is 38.8. The lowest BCUT2D eigenvalue weighted by Crippen LogP contribution is -2.29. The first-order valence-electron chi connectivity index (χ1n) is 22.0. The van der Waals surface area contributed by atoms with Gasteiger partial charge in [-0.15, -0.1) is 0 Å². The summed E-state index contributed by atoms with van der Waals surface area (Å²) in [6, 6.07) is 0. The van der Waals surface area contributed by atoms with Gasteiger partial charge >= 0.3 is 27.6 Å². The summed E-state index contributed by atoms with van der Waals surface area (Å²) in [5.74, 6) is -1.20. The fourth-order valence-electron chi connectivity index (χ4n) is 5.17. The van der Waals surface area contributed by atoms with Crippen LogP contribution in [0.3, 0.4) is 0 Å². The molecule has 4 atom stereocenters. The number of esters is 2.